The molecule has 2 N–H and O–H groups in total. The Morgan fingerprint density at radius 1 is 1.03 bits per heavy atom. The monoisotopic (exact) mass is 434 g/mol. The van der Waals surface area contributed by atoms with E-state index in [4.69, 9.17) is 16.3 Å². The molecule has 2 aromatic heterocycles. The van der Waals surface area contributed by atoms with Gasteiger partial charge in [0.2, 0.25) is 0 Å². The van der Waals surface area contributed by atoms with Crippen molar-refractivity contribution in [1.29, 1.82) is 0 Å². The molecule has 8 heteroatoms. The molecule has 0 bridgehead atoms. The van der Waals surface area contributed by atoms with E-state index in [0.717, 1.165) is 5.56 Å². The number of hydrogen-bond donors (Lipinski definition) is 2. The number of ether oxygens (including phenoxy) is 1. The highest BCUT2D eigenvalue weighted by molar-refractivity contribution is 6.30. The van der Waals surface area contributed by atoms with Crippen LogP contribution in [0.15, 0.2) is 77.7 Å². The van der Waals surface area contributed by atoms with Crippen molar-refractivity contribution in [3.8, 4) is 5.75 Å². The molecule has 31 heavy (non-hydrogen) atoms. The van der Waals surface area contributed by atoms with Crippen LogP contribution in [0.25, 0.3) is 5.65 Å². The number of aryl methyl sites for hydroxylation is 1. The minimum absolute atomic E-state index is 0.123. The summed E-state index contributed by atoms with van der Waals surface area (Å²) in [4.78, 5) is 29.1. The molecule has 0 unspecified atom stereocenters. The number of anilines is 2. The number of pyridine rings is 1. The van der Waals surface area contributed by atoms with Crippen molar-refractivity contribution in [3.05, 3.63) is 99.6 Å². The largest absolute Gasteiger partial charge is 0.487 e. The van der Waals surface area contributed by atoms with Crippen LogP contribution in [0.4, 0.5) is 16.2 Å². The fraction of sp³-hybridized carbons (Fsp3) is 0.0870. The molecule has 4 rings (SSSR count). The van der Waals surface area contributed by atoms with Crippen LogP contribution >= 0.6 is 11.6 Å². The predicted octanol–water partition coefficient (Wildman–Crippen LogP) is 4.88. The lowest BCUT2D eigenvalue weighted by molar-refractivity contribution is 0.262. The molecular weight excluding hydrogens is 416 g/mol. The minimum atomic E-state index is -0.404. The number of benzene rings is 2. The molecule has 2 heterocycles. The Labute approximate surface area is 183 Å². The van der Waals surface area contributed by atoms with Gasteiger partial charge < -0.3 is 15.4 Å². The van der Waals surface area contributed by atoms with Crippen LogP contribution in [-0.4, -0.2) is 15.4 Å². The number of urea groups is 1. The lowest BCUT2D eigenvalue weighted by Gasteiger charge is -2.11. The van der Waals surface area contributed by atoms with Gasteiger partial charge in [-0.1, -0.05) is 29.8 Å². The number of halogens is 1. The van der Waals surface area contributed by atoms with Gasteiger partial charge in [0.25, 0.3) is 5.56 Å². The number of hydrogen-bond acceptors (Lipinski definition) is 4. The first kappa shape index (κ1) is 20.4. The Bertz CT molecular complexity index is 1320. The molecule has 0 aliphatic rings. The van der Waals surface area contributed by atoms with Gasteiger partial charge in [-0.2, -0.15) is 0 Å². The first-order valence-electron chi connectivity index (χ1n) is 9.52. The Hall–Kier alpha value is -3.84. The van der Waals surface area contributed by atoms with Gasteiger partial charge in [0, 0.05) is 34.7 Å². The third-order valence-corrected chi connectivity index (χ3v) is 4.74. The quantitative estimate of drug-likeness (QED) is 0.469. The van der Waals surface area contributed by atoms with Gasteiger partial charge in [0.1, 0.15) is 18.0 Å². The summed E-state index contributed by atoms with van der Waals surface area (Å²) in [6.07, 6.45) is 1.69. The number of nitrogens with one attached hydrogen (secondary N) is 2. The normalized spacial score (nSPS) is 10.6. The maximum Gasteiger partial charge on any atom is 0.323 e. The standard InChI is InChI=1S/C23H19ClN4O3/c1-15-5-4-10-28-21(29)13-19(25-22(15)28)14-31-20-9-3-8-18(12-20)27-23(30)26-17-7-2-6-16(24)11-17/h2-13H,14H2,1H3,(H2,26,27,30). The topological polar surface area (TPSA) is 84.7 Å². The van der Waals surface area contributed by atoms with Crippen LogP contribution in [0.3, 0.4) is 0 Å². The van der Waals surface area contributed by atoms with Gasteiger partial charge >= 0.3 is 6.03 Å². The Morgan fingerprint density at radius 2 is 1.77 bits per heavy atom. The summed E-state index contributed by atoms with van der Waals surface area (Å²) in [5.74, 6) is 0.535. The van der Waals surface area contributed by atoms with Crippen molar-refractivity contribution in [2.75, 3.05) is 10.6 Å². The van der Waals surface area contributed by atoms with E-state index in [0.29, 0.717) is 33.5 Å². The summed E-state index contributed by atoms with van der Waals surface area (Å²) in [5.41, 5.74) is 3.00. The molecule has 0 saturated carbocycles. The molecule has 0 radical (unpaired) electrons. The fourth-order valence-electron chi connectivity index (χ4n) is 3.06. The van der Waals surface area contributed by atoms with Crippen molar-refractivity contribution in [2.24, 2.45) is 0 Å². The minimum Gasteiger partial charge on any atom is -0.487 e. The van der Waals surface area contributed by atoms with Crippen molar-refractivity contribution in [2.45, 2.75) is 13.5 Å². The zero-order valence-corrected chi connectivity index (χ0v) is 17.4. The third kappa shape index (κ3) is 5.02. The Morgan fingerprint density at radius 3 is 2.55 bits per heavy atom. The summed E-state index contributed by atoms with van der Waals surface area (Å²) in [6, 6.07) is 18.6. The van der Waals surface area contributed by atoms with Gasteiger partial charge in [0.15, 0.2) is 0 Å². The predicted molar refractivity (Wildman–Crippen MR) is 121 cm³/mol. The second-order valence-electron chi connectivity index (χ2n) is 6.88. The van der Waals surface area contributed by atoms with Gasteiger partial charge in [-0.25, -0.2) is 9.78 Å². The molecule has 156 valence electrons. The van der Waals surface area contributed by atoms with Gasteiger partial charge in [-0.05, 0) is 48.9 Å². The Balaban J connectivity index is 1.43. The molecule has 0 saturated heterocycles. The van der Waals surface area contributed by atoms with Gasteiger partial charge in [0.05, 0.1) is 5.69 Å². The molecule has 0 atom stereocenters. The average Bonchev–Trinajstić information content (AvgIpc) is 2.73. The number of carbonyl (C=O) groups excluding carboxylic acids is 1. The first-order valence-corrected chi connectivity index (χ1v) is 9.90. The van der Waals surface area contributed by atoms with Crippen LogP contribution in [0.5, 0.6) is 5.75 Å². The highest BCUT2D eigenvalue weighted by Gasteiger charge is 2.07. The molecule has 2 amide bonds. The van der Waals surface area contributed by atoms with E-state index in [-0.39, 0.29) is 12.2 Å². The number of fused-ring (bicyclic) bond motifs is 1. The highest BCUT2D eigenvalue weighted by Crippen LogP contribution is 2.20. The Kier molecular flexibility index (Phi) is 5.86. The lowest BCUT2D eigenvalue weighted by Crippen LogP contribution is -2.19. The van der Waals surface area contributed by atoms with E-state index < -0.39 is 6.03 Å². The molecule has 7 nitrogen and oxygen atoms in total. The zero-order chi connectivity index (χ0) is 21.8. The van der Waals surface area contributed by atoms with Gasteiger partial charge in [-0.15, -0.1) is 0 Å². The second kappa shape index (κ2) is 8.89. The third-order valence-electron chi connectivity index (χ3n) is 4.50. The van der Waals surface area contributed by atoms with E-state index in [1.165, 1.54) is 10.5 Å². The molecule has 0 aliphatic carbocycles. The average molecular weight is 435 g/mol. The number of nitrogens with zero attached hydrogens (tertiary/aromatic N) is 2. The smallest absolute Gasteiger partial charge is 0.323 e. The molecule has 0 aliphatic heterocycles. The van der Waals surface area contributed by atoms with Crippen molar-refractivity contribution in [1.82, 2.24) is 9.38 Å². The van der Waals surface area contributed by atoms with Crippen LogP contribution in [0.1, 0.15) is 11.3 Å². The number of carbonyl (C=O) groups is 1. The van der Waals surface area contributed by atoms with Gasteiger partial charge in [-0.3, -0.25) is 9.20 Å². The van der Waals surface area contributed by atoms with Crippen molar-refractivity contribution >= 4 is 34.7 Å². The second-order valence-corrected chi connectivity index (χ2v) is 7.31. The number of aromatic nitrogens is 2. The highest BCUT2D eigenvalue weighted by atomic mass is 35.5. The fourth-order valence-corrected chi connectivity index (χ4v) is 3.25. The van der Waals surface area contributed by atoms with Crippen molar-refractivity contribution in [3.63, 3.8) is 0 Å². The summed E-state index contributed by atoms with van der Waals surface area (Å²) < 4.78 is 7.29. The lowest BCUT2D eigenvalue weighted by atomic mass is 10.3. The van der Waals surface area contributed by atoms with Crippen molar-refractivity contribution < 1.29 is 9.53 Å². The summed E-state index contributed by atoms with van der Waals surface area (Å²) in [7, 11) is 0. The molecule has 0 spiro atoms. The molecule has 4 aromatic rings. The maximum atomic E-state index is 12.3. The molecular formula is C23H19ClN4O3. The van der Waals surface area contributed by atoms with E-state index >= 15 is 0 Å². The number of rotatable bonds is 5. The summed E-state index contributed by atoms with van der Waals surface area (Å²) in [6.45, 7) is 2.02. The molecule has 0 fully saturated rings. The molecule has 2 aromatic carbocycles. The number of amides is 2. The summed E-state index contributed by atoms with van der Waals surface area (Å²) in [5, 5.41) is 5.99. The first-order chi connectivity index (χ1) is 15.0. The van der Waals surface area contributed by atoms with E-state index in [9.17, 15) is 9.59 Å². The van der Waals surface area contributed by atoms with E-state index in [1.807, 2.05) is 19.1 Å². The van der Waals surface area contributed by atoms with Crippen LogP contribution in [0.2, 0.25) is 5.02 Å². The van der Waals surface area contributed by atoms with Crippen LogP contribution < -0.4 is 20.9 Å². The summed E-state index contributed by atoms with van der Waals surface area (Å²) >= 11 is 5.93. The van der Waals surface area contributed by atoms with Crippen LogP contribution in [0, 0.1) is 6.92 Å². The van der Waals surface area contributed by atoms with E-state index in [2.05, 4.69) is 15.6 Å². The SMILES string of the molecule is Cc1cccn2c(=O)cc(COc3cccc(NC(=O)Nc4cccc(Cl)c4)c3)nc12. The zero-order valence-electron chi connectivity index (χ0n) is 16.6. The maximum absolute atomic E-state index is 12.3. The van der Waals surface area contributed by atoms with Crippen LogP contribution in [-0.2, 0) is 6.61 Å². The van der Waals surface area contributed by atoms with E-state index in [1.54, 1.807) is 54.7 Å².